The number of hydrogen-bond donors (Lipinski definition) is 1. The average Bonchev–Trinajstić information content (AvgIpc) is 2.33. The molecule has 1 aromatic carbocycles. The zero-order valence-electron chi connectivity index (χ0n) is 10.1. The maximum Gasteiger partial charge on any atom is 0.128 e. The van der Waals surface area contributed by atoms with Gasteiger partial charge in [-0.05, 0) is 25.8 Å². The van der Waals surface area contributed by atoms with Crippen LogP contribution in [-0.4, -0.2) is 24.3 Å². The van der Waals surface area contributed by atoms with Crippen LogP contribution in [0.4, 0.5) is 4.39 Å². The molecule has 2 atom stereocenters. The fourth-order valence-electron chi connectivity index (χ4n) is 2.25. The van der Waals surface area contributed by atoms with Gasteiger partial charge in [0.2, 0.25) is 0 Å². The van der Waals surface area contributed by atoms with Gasteiger partial charge < -0.3 is 5.73 Å². The molecule has 1 aliphatic rings. The van der Waals surface area contributed by atoms with Crippen molar-refractivity contribution in [3.05, 3.63) is 35.6 Å². The quantitative estimate of drug-likeness (QED) is 0.877. The highest BCUT2D eigenvalue weighted by Gasteiger charge is 2.28. The molecule has 1 aliphatic heterocycles. The first-order valence-electron chi connectivity index (χ1n) is 6.09. The van der Waals surface area contributed by atoms with Crippen molar-refractivity contribution < 1.29 is 9.23 Å². The molecular formula is C13H19FN2O. The zero-order valence-corrected chi connectivity index (χ0v) is 10.1. The molecule has 0 aliphatic carbocycles. The standard InChI is InChI=1S/C13H19FN2O/c1-10(15)13(16-8-4-5-9-17-16)11-6-2-3-7-12(11)14/h2-3,6-7,10,13H,4-5,8-9,15H2,1H3. The summed E-state index contributed by atoms with van der Waals surface area (Å²) in [6.45, 7) is 3.38. The number of hydrogen-bond acceptors (Lipinski definition) is 3. The van der Waals surface area contributed by atoms with Gasteiger partial charge in [0.25, 0.3) is 0 Å². The van der Waals surface area contributed by atoms with E-state index in [1.807, 2.05) is 18.1 Å². The van der Waals surface area contributed by atoms with E-state index in [0.717, 1.165) is 19.4 Å². The number of halogens is 1. The smallest absolute Gasteiger partial charge is 0.128 e. The minimum absolute atomic E-state index is 0.176. The van der Waals surface area contributed by atoms with Gasteiger partial charge in [-0.15, -0.1) is 0 Å². The van der Waals surface area contributed by atoms with Gasteiger partial charge in [0.1, 0.15) is 5.82 Å². The molecule has 2 unspecified atom stereocenters. The van der Waals surface area contributed by atoms with Crippen molar-refractivity contribution in [1.82, 2.24) is 5.06 Å². The predicted octanol–water partition coefficient (Wildman–Crippen LogP) is 2.24. The second-order valence-electron chi connectivity index (χ2n) is 4.51. The normalized spacial score (nSPS) is 21.1. The van der Waals surface area contributed by atoms with E-state index in [4.69, 9.17) is 10.6 Å². The minimum atomic E-state index is -0.219. The molecule has 1 heterocycles. The van der Waals surface area contributed by atoms with Crippen LogP contribution >= 0.6 is 0 Å². The van der Waals surface area contributed by atoms with Crippen molar-refractivity contribution in [1.29, 1.82) is 0 Å². The fraction of sp³-hybridized carbons (Fsp3) is 0.538. The number of nitrogens with zero attached hydrogens (tertiary/aromatic N) is 1. The van der Waals surface area contributed by atoms with E-state index in [-0.39, 0.29) is 17.9 Å². The predicted molar refractivity (Wildman–Crippen MR) is 64.7 cm³/mol. The summed E-state index contributed by atoms with van der Waals surface area (Å²) in [4.78, 5) is 5.60. The van der Waals surface area contributed by atoms with Gasteiger partial charge in [-0.2, -0.15) is 5.06 Å². The number of benzene rings is 1. The average molecular weight is 238 g/mol. The molecule has 1 fully saturated rings. The Morgan fingerprint density at radius 2 is 2.12 bits per heavy atom. The van der Waals surface area contributed by atoms with Crippen LogP contribution in [0.25, 0.3) is 0 Å². The van der Waals surface area contributed by atoms with E-state index in [1.54, 1.807) is 12.1 Å². The SMILES string of the molecule is CC(N)C(c1ccccc1F)N1CCCCO1. The summed E-state index contributed by atoms with van der Waals surface area (Å²) in [5.41, 5.74) is 6.60. The summed E-state index contributed by atoms with van der Waals surface area (Å²) in [6.07, 6.45) is 2.12. The highest BCUT2D eigenvalue weighted by molar-refractivity contribution is 5.22. The lowest BCUT2D eigenvalue weighted by atomic mass is 9.99. The van der Waals surface area contributed by atoms with E-state index in [9.17, 15) is 4.39 Å². The third-order valence-electron chi connectivity index (χ3n) is 3.06. The molecular weight excluding hydrogens is 219 g/mol. The topological polar surface area (TPSA) is 38.5 Å². The van der Waals surface area contributed by atoms with E-state index in [0.29, 0.717) is 12.2 Å². The van der Waals surface area contributed by atoms with Crippen LogP contribution < -0.4 is 5.73 Å². The Morgan fingerprint density at radius 3 is 2.71 bits per heavy atom. The van der Waals surface area contributed by atoms with Crippen LogP contribution in [0.2, 0.25) is 0 Å². The van der Waals surface area contributed by atoms with Gasteiger partial charge in [-0.1, -0.05) is 18.2 Å². The van der Waals surface area contributed by atoms with Crippen LogP contribution in [0.5, 0.6) is 0 Å². The van der Waals surface area contributed by atoms with Gasteiger partial charge >= 0.3 is 0 Å². The minimum Gasteiger partial charge on any atom is -0.326 e. The summed E-state index contributed by atoms with van der Waals surface area (Å²) < 4.78 is 13.8. The Morgan fingerprint density at radius 1 is 1.35 bits per heavy atom. The van der Waals surface area contributed by atoms with Crippen molar-refractivity contribution in [3.63, 3.8) is 0 Å². The maximum absolute atomic E-state index is 13.8. The highest BCUT2D eigenvalue weighted by Crippen LogP contribution is 2.28. The molecule has 0 amide bonds. The van der Waals surface area contributed by atoms with Crippen molar-refractivity contribution in [2.45, 2.75) is 31.8 Å². The Labute approximate surface area is 101 Å². The molecule has 94 valence electrons. The molecule has 2 rings (SSSR count). The molecule has 0 saturated carbocycles. The molecule has 17 heavy (non-hydrogen) atoms. The van der Waals surface area contributed by atoms with E-state index < -0.39 is 0 Å². The Balaban J connectivity index is 2.25. The van der Waals surface area contributed by atoms with E-state index >= 15 is 0 Å². The first-order chi connectivity index (χ1) is 8.20. The second-order valence-corrected chi connectivity index (χ2v) is 4.51. The lowest BCUT2D eigenvalue weighted by Gasteiger charge is -2.36. The first-order valence-corrected chi connectivity index (χ1v) is 6.09. The van der Waals surface area contributed by atoms with Crippen LogP contribution in [0.15, 0.2) is 24.3 Å². The van der Waals surface area contributed by atoms with Gasteiger partial charge in [0.15, 0.2) is 0 Å². The lowest BCUT2D eigenvalue weighted by Crippen LogP contribution is -2.42. The fourth-order valence-corrected chi connectivity index (χ4v) is 2.25. The molecule has 2 N–H and O–H groups in total. The Bertz CT molecular complexity index is 364. The van der Waals surface area contributed by atoms with E-state index in [2.05, 4.69) is 0 Å². The van der Waals surface area contributed by atoms with E-state index in [1.165, 1.54) is 6.07 Å². The molecule has 0 spiro atoms. The number of rotatable bonds is 3. The zero-order chi connectivity index (χ0) is 12.3. The summed E-state index contributed by atoms with van der Waals surface area (Å²) in [6, 6.07) is 6.38. The Hall–Kier alpha value is -0.970. The van der Waals surface area contributed by atoms with Gasteiger partial charge in [0, 0.05) is 18.2 Å². The van der Waals surface area contributed by atoms with Gasteiger partial charge in [-0.3, -0.25) is 4.84 Å². The van der Waals surface area contributed by atoms with Crippen molar-refractivity contribution >= 4 is 0 Å². The molecule has 0 aromatic heterocycles. The van der Waals surface area contributed by atoms with Crippen LogP contribution in [0, 0.1) is 5.82 Å². The third-order valence-corrected chi connectivity index (χ3v) is 3.06. The lowest BCUT2D eigenvalue weighted by molar-refractivity contribution is -0.212. The van der Waals surface area contributed by atoms with Gasteiger partial charge in [-0.25, -0.2) is 4.39 Å². The van der Waals surface area contributed by atoms with Gasteiger partial charge in [0.05, 0.1) is 12.6 Å². The molecule has 1 aromatic rings. The maximum atomic E-state index is 13.8. The first kappa shape index (κ1) is 12.5. The van der Waals surface area contributed by atoms with Crippen molar-refractivity contribution in [3.8, 4) is 0 Å². The number of nitrogens with two attached hydrogens (primary N) is 1. The summed E-state index contributed by atoms with van der Waals surface area (Å²) in [7, 11) is 0. The second kappa shape index (κ2) is 5.58. The summed E-state index contributed by atoms with van der Waals surface area (Å²) in [5, 5.41) is 1.83. The molecule has 0 bridgehead atoms. The number of hydroxylamine groups is 2. The monoisotopic (exact) mass is 238 g/mol. The molecule has 0 radical (unpaired) electrons. The summed E-state index contributed by atoms with van der Waals surface area (Å²) in [5.74, 6) is -0.219. The van der Waals surface area contributed by atoms with Crippen LogP contribution in [-0.2, 0) is 4.84 Å². The largest absolute Gasteiger partial charge is 0.326 e. The molecule has 4 heteroatoms. The van der Waals surface area contributed by atoms with Crippen LogP contribution in [0.3, 0.4) is 0 Å². The van der Waals surface area contributed by atoms with Crippen LogP contribution in [0.1, 0.15) is 31.4 Å². The summed E-state index contributed by atoms with van der Waals surface area (Å²) >= 11 is 0. The molecule has 1 saturated heterocycles. The Kier molecular flexibility index (Phi) is 4.10. The van der Waals surface area contributed by atoms with Crippen molar-refractivity contribution in [2.75, 3.05) is 13.2 Å². The molecule has 3 nitrogen and oxygen atoms in total. The van der Waals surface area contributed by atoms with Crippen molar-refractivity contribution in [2.24, 2.45) is 5.73 Å². The highest BCUT2D eigenvalue weighted by atomic mass is 19.1. The third kappa shape index (κ3) is 2.83.